The molecule has 2 heterocycles. The van der Waals surface area contributed by atoms with E-state index in [1.54, 1.807) is 24.3 Å². The Labute approximate surface area is 201 Å². The molecule has 2 bridgehead atoms. The molecule has 7 nitrogen and oxygen atoms in total. The van der Waals surface area contributed by atoms with Gasteiger partial charge in [0.1, 0.15) is 17.6 Å². The van der Waals surface area contributed by atoms with Crippen LogP contribution in [-0.4, -0.2) is 65.6 Å². The van der Waals surface area contributed by atoms with Crippen LogP contribution in [0.25, 0.3) is 0 Å². The Morgan fingerprint density at radius 2 is 1.82 bits per heavy atom. The second kappa shape index (κ2) is 11.4. The van der Waals surface area contributed by atoms with E-state index in [1.807, 2.05) is 31.2 Å². The number of carbonyl (C=O) groups is 1. The Hall–Kier alpha value is -3.08. The monoisotopic (exact) mass is 462 g/mol. The maximum Gasteiger partial charge on any atom is 0.234 e. The molecule has 2 fully saturated rings. The standard InChI is InChI=1S/C27H34N4O3/c1-2-29-27(33)19-30-17-22-9-10-23(18-30)31(22)15-3-4-26(21-7-5-20(16-28)6-8-21)34-25-13-11-24(32)12-14-25/h5-8,11-14,22-23,26,32H,2-4,9-10,15,17-19H2,1H3,(H,29,33). The molecule has 34 heavy (non-hydrogen) atoms. The second-order valence-electron chi connectivity index (χ2n) is 9.25. The minimum absolute atomic E-state index is 0.118. The van der Waals surface area contributed by atoms with E-state index in [1.165, 1.54) is 12.8 Å². The highest BCUT2D eigenvalue weighted by molar-refractivity contribution is 5.77. The number of nitrogens with zero attached hydrogens (tertiary/aromatic N) is 3. The molecular weight excluding hydrogens is 428 g/mol. The van der Waals surface area contributed by atoms with Gasteiger partial charge in [0.05, 0.1) is 18.2 Å². The van der Waals surface area contributed by atoms with Crippen LogP contribution < -0.4 is 10.1 Å². The number of ether oxygens (including phenoxy) is 1. The first-order valence-electron chi connectivity index (χ1n) is 12.3. The highest BCUT2D eigenvalue weighted by Gasteiger charge is 2.39. The van der Waals surface area contributed by atoms with Crippen LogP contribution in [0.2, 0.25) is 0 Å². The van der Waals surface area contributed by atoms with Crippen LogP contribution in [0.1, 0.15) is 49.8 Å². The first-order valence-corrected chi connectivity index (χ1v) is 12.3. The van der Waals surface area contributed by atoms with Crippen molar-refractivity contribution < 1.29 is 14.6 Å². The van der Waals surface area contributed by atoms with E-state index in [0.717, 1.165) is 38.0 Å². The fourth-order valence-corrected chi connectivity index (χ4v) is 5.24. The Bertz CT molecular complexity index is 972. The minimum Gasteiger partial charge on any atom is -0.508 e. The largest absolute Gasteiger partial charge is 0.508 e. The zero-order valence-electron chi connectivity index (χ0n) is 19.8. The van der Waals surface area contributed by atoms with Gasteiger partial charge >= 0.3 is 0 Å². The number of aromatic hydroxyl groups is 1. The Morgan fingerprint density at radius 3 is 2.44 bits per heavy atom. The fraction of sp³-hybridized carbons (Fsp3) is 0.481. The number of phenols is 1. The second-order valence-corrected chi connectivity index (χ2v) is 9.25. The van der Waals surface area contributed by atoms with Crippen molar-refractivity contribution >= 4 is 5.91 Å². The summed E-state index contributed by atoms with van der Waals surface area (Å²) >= 11 is 0. The van der Waals surface area contributed by atoms with Crippen LogP contribution in [0.4, 0.5) is 0 Å². The number of rotatable bonds is 10. The van der Waals surface area contributed by atoms with Gasteiger partial charge in [-0.15, -0.1) is 0 Å². The highest BCUT2D eigenvalue weighted by Crippen LogP contribution is 2.32. The molecule has 0 aromatic heterocycles. The van der Waals surface area contributed by atoms with Crippen molar-refractivity contribution in [3.63, 3.8) is 0 Å². The van der Waals surface area contributed by atoms with E-state index in [9.17, 15) is 9.90 Å². The number of fused-ring (bicyclic) bond motifs is 2. The van der Waals surface area contributed by atoms with Crippen LogP contribution in [0, 0.1) is 11.3 Å². The lowest BCUT2D eigenvalue weighted by Gasteiger charge is -2.41. The van der Waals surface area contributed by atoms with Gasteiger partial charge < -0.3 is 15.2 Å². The molecule has 2 aliphatic heterocycles. The molecule has 2 aromatic carbocycles. The topological polar surface area (TPSA) is 88.8 Å². The summed E-state index contributed by atoms with van der Waals surface area (Å²) in [6, 6.07) is 17.6. The predicted octanol–water partition coefficient (Wildman–Crippen LogP) is 3.45. The van der Waals surface area contributed by atoms with Gasteiger partial charge in [-0.1, -0.05) is 12.1 Å². The van der Waals surface area contributed by atoms with Crippen molar-refractivity contribution in [2.75, 3.05) is 32.7 Å². The number of piperazine rings is 1. The molecule has 3 unspecified atom stereocenters. The summed E-state index contributed by atoms with van der Waals surface area (Å²) in [6.07, 6.45) is 4.10. The van der Waals surface area contributed by atoms with Gasteiger partial charge in [-0.3, -0.25) is 14.6 Å². The molecule has 4 rings (SSSR count). The van der Waals surface area contributed by atoms with Crippen LogP contribution in [-0.2, 0) is 4.79 Å². The summed E-state index contributed by atoms with van der Waals surface area (Å²) in [7, 11) is 0. The van der Waals surface area contributed by atoms with Crippen molar-refractivity contribution in [1.82, 2.24) is 15.1 Å². The lowest BCUT2D eigenvalue weighted by Crippen LogP contribution is -2.55. The molecule has 2 aliphatic rings. The van der Waals surface area contributed by atoms with Crippen molar-refractivity contribution in [2.45, 2.75) is 50.8 Å². The molecule has 0 radical (unpaired) electrons. The highest BCUT2D eigenvalue weighted by atomic mass is 16.5. The summed E-state index contributed by atoms with van der Waals surface area (Å²) in [6.45, 7) is 6.05. The van der Waals surface area contributed by atoms with E-state index in [4.69, 9.17) is 10.00 Å². The van der Waals surface area contributed by atoms with Crippen molar-refractivity contribution in [3.05, 3.63) is 59.7 Å². The molecule has 0 aliphatic carbocycles. The number of likely N-dealkylation sites (tertiary alicyclic amines) is 1. The molecule has 3 atom stereocenters. The number of hydrogen-bond donors (Lipinski definition) is 2. The minimum atomic E-state index is -0.131. The molecular formula is C27H34N4O3. The molecule has 2 saturated heterocycles. The number of carbonyl (C=O) groups excluding carboxylic acids is 1. The number of amides is 1. The Kier molecular flexibility index (Phi) is 8.04. The Balaban J connectivity index is 1.35. The summed E-state index contributed by atoms with van der Waals surface area (Å²) in [5.74, 6) is 1.04. The maximum atomic E-state index is 12.0. The number of likely N-dealkylation sites (N-methyl/N-ethyl adjacent to an activating group) is 1. The smallest absolute Gasteiger partial charge is 0.234 e. The molecule has 2 aromatic rings. The molecule has 1 amide bonds. The molecule has 2 N–H and O–H groups in total. The van der Waals surface area contributed by atoms with Gasteiger partial charge in [0.15, 0.2) is 0 Å². The lowest BCUT2D eigenvalue weighted by atomic mass is 10.0. The van der Waals surface area contributed by atoms with Gasteiger partial charge in [-0.2, -0.15) is 5.26 Å². The Morgan fingerprint density at radius 1 is 1.15 bits per heavy atom. The maximum absolute atomic E-state index is 12.0. The van der Waals surface area contributed by atoms with Crippen LogP contribution in [0.15, 0.2) is 48.5 Å². The summed E-state index contributed by atoms with van der Waals surface area (Å²) < 4.78 is 6.31. The molecule has 180 valence electrons. The first-order chi connectivity index (χ1) is 16.6. The third kappa shape index (κ3) is 6.07. The predicted molar refractivity (Wildman–Crippen MR) is 131 cm³/mol. The number of phenolic OH excluding ortho intramolecular Hbond substituents is 1. The van der Waals surface area contributed by atoms with Crippen molar-refractivity contribution in [2.24, 2.45) is 0 Å². The third-order valence-corrected chi connectivity index (χ3v) is 6.86. The van der Waals surface area contributed by atoms with E-state index >= 15 is 0 Å². The SMILES string of the molecule is CCNC(=O)CN1CC2CCC(C1)N2CCCC(Oc1ccc(O)cc1)c1ccc(C#N)cc1. The van der Waals surface area contributed by atoms with Gasteiger partial charge in [0.25, 0.3) is 0 Å². The number of hydrogen-bond acceptors (Lipinski definition) is 6. The van der Waals surface area contributed by atoms with Gasteiger partial charge in [0, 0.05) is 31.7 Å². The van der Waals surface area contributed by atoms with Gasteiger partial charge in [-0.05, 0) is 81.1 Å². The van der Waals surface area contributed by atoms with E-state index < -0.39 is 0 Å². The summed E-state index contributed by atoms with van der Waals surface area (Å²) in [5.41, 5.74) is 1.68. The average molecular weight is 463 g/mol. The first kappa shape index (κ1) is 24.1. The average Bonchev–Trinajstić information content (AvgIpc) is 3.07. The molecule has 0 spiro atoms. The zero-order valence-corrected chi connectivity index (χ0v) is 19.8. The molecule has 7 heteroatoms. The summed E-state index contributed by atoms with van der Waals surface area (Å²) in [5, 5.41) is 21.6. The van der Waals surface area contributed by atoms with E-state index in [-0.39, 0.29) is 17.8 Å². The van der Waals surface area contributed by atoms with E-state index in [0.29, 0.717) is 36.5 Å². The van der Waals surface area contributed by atoms with Crippen LogP contribution in [0.5, 0.6) is 11.5 Å². The number of nitriles is 1. The molecule has 0 saturated carbocycles. The summed E-state index contributed by atoms with van der Waals surface area (Å²) in [4.78, 5) is 16.9. The fourth-order valence-electron chi connectivity index (χ4n) is 5.24. The quantitative estimate of drug-likeness (QED) is 0.562. The van der Waals surface area contributed by atoms with Crippen LogP contribution >= 0.6 is 0 Å². The zero-order chi connectivity index (χ0) is 23.9. The number of nitrogens with one attached hydrogen (secondary N) is 1. The third-order valence-electron chi connectivity index (χ3n) is 6.86. The van der Waals surface area contributed by atoms with Gasteiger partial charge in [0.2, 0.25) is 5.91 Å². The van der Waals surface area contributed by atoms with Crippen LogP contribution in [0.3, 0.4) is 0 Å². The number of benzene rings is 2. The van der Waals surface area contributed by atoms with Gasteiger partial charge in [-0.25, -0.2) is 0 Å². The normalized spacial score (nSPS) is 21.1. The van der Waals surface area contributed by atoms with Crippen molar-refractivity contribution in [3.8, 4) is 17.6 Å². The lowest BCUT2D eigenvalue weighted by molar-refractivity contribution is -0.123. The van der Waals surface area contributed by atoms with Crippen molar-refractivity contribution in [1.29, 1.82) is 5.26 Å². The van der Waals surface area contributed by atoms with E-state index in [2.05, 4.69) is 21.2 Å².